The van der Waals surface area contributed by atoms with Gasteiger partial charge in [-0.2, -0.15) is 0 Å². The molecule has 1 aromatic rings. The van der Waals surface area contributed by atoms with E-state index in [1.807, 2.05) is 0 Å². The van der Waals surface area contributed by atoms with E-state index in [1.54, 1.807) is 13.8 Å². The lowest BCUT2D eigenvalue weighted by atomic mass is 9.68. The lowest BCUT2D eigenvalue weighted by Gasteiger charge is -2.38. The molecule has 1 unspecified atom stereocenters. The largest absolute Gasteiger partial charge is 0.461 e. The first-order chi connectivity index (χ1) is 16.2. The molecule has 0 radical (unpaired) electrons. The second kappa shape index (κ2) is 7.98. The number of allylic oxidation sites excluding steroid dienone is 1. The van der Waals surface area contributed by atoms with Crippen molar-refractivity contribution in [2.75, 3.05) is 11.7 Å². The van der Waals surface area contributed by atoms with Gasteiger partial charge in [0.1, 0.15) is 12.2 Å². The number of hydrogen-bond donors (Lipinski definition) is 1. The van der Waals surface area contributed by atoms with Crippen LogP contribution in [0.15, 0.2) is 47.1 Å². The van der Waals surface area contributed by atoms with Crippen LogP contribution in [0.25, 0.3) is 0 Å². The van der Waals surface area contributed by atoms with Gasteiger partial charge >= 0.3 is 11.9 Å². The number of benzene rings is 1. The first kappa shape index (κ1) is 24.5. The topological polar surface area (TPSA) is 127 Å². The van der Waals surface area contributed by atoms with Crippen LogP contribution in [0.5, 0.6) is 0 Å². The minimum atomic E-state index is -1.57. The fourth-order valence-corrected chi connectivity index (χ4v) is 5.05. The zero-order valence-corrected chi connectivity index (χ0v) is 20.3. The highest BCUT2D eigenvalue weighted by Gasteiger charge is 2.66. The van der Waals surface area contributed by atoms with Gasteiger partial charge in [-0.25, -0.2) is 9.59 Å². The third-order valence-electron chi connectivity index (χ3n) is 7.29. The molecule has 1 amide bonds. The molecule has 3 aliphatic carbocycles. The van der Waals surface area contributed by atoms with Crippen LogP contribution >= 0.6 is 0 Å². The van der Waals surface area contributed by atoms with Crippen molar-refractivity contribution in [2.45, 2.75) is 53.1 Å². The van der Waals surface area contributed by atoms with E-state index in [0.717, 1.165) is 12.0 Å². The minimum absolute atomic E-state index is 0.158. The Labute approximate surface area is 202 Å². The summed E-state index contributed by atoms with van der Waals surface area (Å²) in [5.74, 6) is -2.68. The van der Waals surface area contributed by atoms with Gasteiger partial charge in [-0.05, 0) is 57.9 Å². The van der Waals surface area contributed by atoms with E-state index in [4.69, 9.17) is 9.57 Å². The standard InChI is InChI=1S/C26H27NO8/c1-14-20-19(21(30)25(5,33)26(14)10-11-26)12-24(4,22(20)31)13-34-23(32)17-6-8-18(9-7-17)27(15(2)28)35-16(3)29/h6-9,12,33H,10-11,13H2,1-5H3/t24-,25?/m0/s1. The summed E-state index contributed by atoms with van der Waals surface area (Å²) >= 11 is 0. The van der Waals surface area contributed by atoms with Crippen molar-refractivity contribution in [2.24, 2.45) is 10.8 Å². The number of Topliss-reactive ketones (excluding diaryl/α,β-unsaturated/α-hetero) is 2. The van der Waals surface area contributed by atoms with E-state index in [2.05, 4.69) is 0 Å². The van der Waals surface area contributed by atoms with Gasteiger partial charge in [0.05, 0.1) is 16.7 Å². The summed E-state index contributed by atoms with van der Waals surface area (Å²) in [4.78, 5) is 66.9. The van der Waals surface area contributed by atoms with Gasteiger partial charge in [-0.3, -0.25) is 14.4 Å². The van der Waals surface area contributed by atoms with Gasteiger partial charge in [0.2, 0.25) is 0 Å². The Morgan fingerprint density at radius 3 is 2.14 bits per heavy atom. The lowest BCUT2D eigenvalue weighted by molar-refractivity contribution is -0.147. The van der Waals surface area contributed by atoms with Crippen LogP contribution in [-0.2, 0) is 28.8 Å². The summed E-state index contributed by atoms with van der Waals surface area (Å²) in [5.41, 5.74) is -1.87. The van der Waals surface area contributed by atoms with Crippen molar-refractivity contribution >= 4 is 35.1 Å². The summed E-state index contributed by atoms with van der Waals surface area (Å²) in [6, 6.07) is 5.64. The molecular weight excluding hydrogens is 454 g/mol. The quantitative estimate of drug-likeness (QED) is 0.514. The molecule has 0 aliphatic heterocycles. The smallest absolute Gasteiger partial charge is 0.338 e. The summed E-state index contributed by atoms with van der Waals surface area (Å²) in [5, 5.41) is 11.7. The molecule has 0 heterocycles. The van der Waals surface area contributed by atoms with Crippen LogP contribution in [0.1, 0.15) is 57.8 Å². The summed E-state index contributed by atoms with van der Waals surface area (Å²) in [6.07, 6.45) is 2.78. The molecule has 3 aliphatic rings. The minimum Gasteiger partial charge on any atom is -0.461 e. The number of anilines is 1. The SMILES string of the molecule is CC(=O)ON(C(C)=O)c1ccc(C(=O)OC[C@]2(C)C=C3C(=O)C(C)(O)C4(CC4)C(C)=C3C2=O)cc1. The van der Waals surface area contributed by atoms with Crippen molar-refractivity contribution in [3.63, 3.8) is 0 Å². The molecule has 0 saturated heterocycles. The zero-order valence-electron chi connectivity index (χ0n) is 20.3. The molecule has 1 aromatic carbocycles. The van der Waals surface area contributed by atoms with Crippen molar-refractivity contribution in [3.8, 4) is 0 Å². The van der Waals surface area contributed by atoms with E-state index >= 15 is 0 Å². The summed E-state index contributed by atoms with van der Waals surface area (Å²) in [7, 11) is 0. The average molecular weight is 482 g/mol. The summed E-state index contributed by atoms with van der Waals surface area (Å²) < 4.78 is 5.43. The highest BCUT2D eigenvalue weighted by Crippen LogP contribution is 2.65. The number of rotatable bonds is 4. The number of hydrogen-bond acceptors (Lipinski definition) is 8. The number of nitrogens with zero attached hydrogens (tertiary/aromatic N) is 1. The van der Waals surface area contributed by atoms with Gasteiger partial charge in [0.15, 0.2) is 11.6 Å². The molecule has 1 saturated carbocycles. The fourth-order valence-electron chi connectivity index (χ4n) is 5.05. The maximum Gasteiger partial charge on any atom is 0.338 e. The van der Waals surface area contributed by atoms with Crippen LogP contribution in [0.2, 0.25) is 0 Å². The van der Waals surface area contributed by atoms with Gasteiger partial charge in [0.25, 0.3) is 5.91 Å². The van der Waals surface area contributed by atoms with Crippen LogP contribution < -0.4 is 5.06 Å². The third-order valence-corrected chi connectivity index (χ3v) is 7.29. The zero-order chi connectivity index (χ0) is 25.9. The van der Waals surface area contributed by atoms with Crippen LogP contribution in [-0.4, -0.2) is 46.7 Å². The molecule has 9 heteroatoms. The molecule has 0 bridgehead atoms. The van der Waals surface area contributed by atoms with Gasteiger partial charge in [-0.15, -0.1) is 5.06 Å². The maximum atomic E-state index is 13.4. The highest BCUT2D eigenvalue weighted by atomic mass is 16.7. The first-order valence-electron chi connectivity index (χ1n) is 11.3. The van der Waals surface area contributed by atoms with E-state index in [-0.39, 0.29) is 29.2 Å². The van der Waals surface area contributed by atoms with Crippen molar-refractivity contribution in [1.29, 1.82) is 0 Å². The molecule has 1 spiro atoms. The fraction of sp³-hybridized carbons (Fsp3) is 0.423. The number of amides is 1. The van der Waals surface area contributed by atoms with E-state index in [0.29, 0.717) is 24.0 Å². The normalized spacial score (nSPS) is 26.3. The number of carbonyl (C=O) groups is 5. The highest BCUT2D eigenvalue weighted by molar-refractivity contribution is 6.23. The third kappa shape index (κ3) is 3.70. The second-order valence-electron chi connectivity index (χ2n) is 9.81. The number of ketones is 2. The van der Waals surface area contributed by atoms with E-state index in [1.165, 1.54) is 44.2 Å². The molecule has 35 heavy (non-hydrogen) atoms. The predicted molar refractivity (Wildman–Crippen MR) is 123 cm³/mol. The Hall–Kier alpha value is -3.59. The number of ether oxygens (including phenoxy) is 1. The number of carbonyl (C=O) groups excluding carboxylic acids is 5. The molecule has 2 atom stereocenters. The monoisotopic (exact) mass is 481 g/mol. The molecular formula is C26H27NO8. The van der Waals surface area contributed by atoms with Gasteiger partial charge in [0, 0.05) is 30.4 Å². The Bertz CT molecular complexity index is 1230. The van der Waals surface area contributed by atoms with Crippen molar-refractivity contribution < 1.29 is 38.7 Å². The van der Waals surface area contributed by atoms with Gasteiger partial charge < -0.3 is 14.7 Å². The maximum absolute atomic E-state index is 13.4. The molecule has 4 rings (SSSR count). The number of aliphatic hydroxyl groups is 1. The Kier molecular flexibility index (Phi) is 5.59. The number of esters is 1. The van der Waals surface area contributed by atoms with E-state index < -0.39 is 40.1 Å². The van der Waals surface area contributed by atoms with Crippen LogP contribution in [0.3, 0.4) is 0 Å². The van der Waals surface area contributed by atoms with Gasteiger partial charge in [-0.1, -0.05) is 11.6 Å². The van der Waals surface area contributed by atoms with E-state index in [9.17, 15) is 29.1 Å². The molecule has 184 valence electrons. The summed E-state index contributed by atoms with van der Waals surface area (Å²) in [6.45, 7) is 6.98. The van der Waals surface area contributed by atoms with Crippen molar-refractivity contribution in [1.82, 2.24) is 0 Å². The first-order valence-corrected chi connectivity index (χ1v) is 11.3. The Morgan fingerprint density at radius 1 is 1.03 bits per heavy atom. The number of hydroxylamine groups is 1. The Balaban J connectivity index is 1.51. The predicted octanol–water partition coefficient (Wildman–Crippen LogP) is 2.62. The lowest BCUT2D eigenvalue weighted by Crippen LogP contribution is -2.49. The average Bonchev–Trinajstić information content (AvgIpc) is 3.57. The molecule has 9 nitrogen and oxygen atoms in total. The van der Waals surface area contributed by atoms with Crippen LogP contribution in [0, 0.1) is 10.8 Å². The van der Waals surface area contributed by atoms with Crippen molar-refractivity contribution in [3.05, 3.63) is 52.6 Å². The molecule has 1 N–H and O–H groups in total. The second-order valence-corrected chi connectivity index (χ2v) is 9.81. The number of fused-ring (bicyclic) bond motifs is 1. The Morgan fingerprint density at radius 2 is 1.63 bits per heavy atom. The molecule has 0 aromatic heterocycles. The molecule has 1 fully saturated rings. The van der Waals surface area contributed by atoms with Crippen LogP contribution in [0.4, 0.5) is 5.69 Å².